The van der Waals surface area contributed by atoms with E-state index in [2.05, 4.69) is 5.32 Å². The third-order valence-corrected chi connectivity index (χ3v) is 4.27. The number of rotatable bonds is 4. The van der Waals surface area contributed by atoms with Crippen LogP contribution in [0.25, 0.3) is 0 Å². The highest BCUT2D eigenvalue weighted by Gasteiger charge is 2.19. The molecule has 1 amide bonds. The highest BCUT2D eigenvalue weighted by atomic mass is 35.5. The second kappa shape index (κ2) is 6.83. The molecule has 0 saturated carbocycles. The maximum atomic E-state index is 12.2. The summed E-state index contributed by atoms with van der Waals surface area (Å²) in [6.07, 6.45) is 1.41. The molecule has 110 valence electrons. The van der Waals surface area contributed by atoms with Crippen molar-refractivity contribution in [1.82, 2.24) is 0 Å². The summed E-state index contributed by atoms with van der Waals surface area (Å²) in [5, 5.41) is 15.1. The van der Waals surface area contributed by atoms with E-state index in [1.807, 2.05) is 13.0 Å². The van der Waals surface area contributed by atoms with Crippen molar-refractivity contribution in [3.05, 3.63) is 58.4 Å². The van der Waals surface area contributed by atoms with Crippen LogP contribution in [0.1, 0.15) is 12.5 Å². The van der Waals surface area contributed by atoms with E-state index in [0.717, 1.165) is 10.3 Å². The second-order valence-corrected chi connectivity index (χ2v) is 6.37. The number of nitrogens with zero attached hydrogens (tertiary/aromatic N) is 1. The Morgan fingerprint density at radius 2 is 2.14 bits per heavy atom. The van der Waals surface area contributed by atoms with Crippen LogP contribution in [0.2, 0.25) is 5.02 Å². The van der Waals surface area contributed by atoms with Crippen molar-refractivity contribution in [3.8, 4) is 0 Å². The Hall–Kier alpha value is -1.72. The molecule has 0 fully saturated rings. The second-order valence-electron chi connectivity index (χ2n) is 4.57. The lowest BCUT2D eigenvalue weighted by Gasteiger charge is -2.13. The van der Waals surface area contributed by atoms with Crippen LogP contribution in [-0.2, 0) is 4.79 Å². The lowest BCUT2D eigenvalue weighted by Crippen LogP contribution is -2.30. The van der Waals surface area contributed by atoms with E-state index in [-0.39, 0.29) is 5.91 Å². The fourth-order valence-corrected chi connectivity index (χ4v) is 2.72. The molecule has 0 aliphatic heterocycles. The van der Waals surface area contributed by atoms with Crippen LogP contribution in [0.3, 0.4) is 0 Å². The molecule has 1 aromatic carbocycles. The molecule has 0 saturated heterocycles. The van der Waals surface area contributed by atoms with E-state index in [4.69, 9.17) is 11.6 Å². The Balaban J connectivity index is 2.06. The fourth-order valence-electron chi connectivity index (χ4n) is 1.70. The van der Waals surface area contributed by atoms with Gasteiger partial charge >= 0.3 is 0 Å². The number of amides is 1. The first-order chi connectivity index (χ1) is 9.97. The molecular formula is C15H15ClN2O2S. The Labute approximate surface area is 132 Å². The van der Waals surface area contributed by atoms with Crippen molar-refractivity contribution in [2.45, 2.75) is 24.1 Å². The van der Waals surface area contributed by atoms with Gasteiger partial charge in [-0.25, -0.2) is 0 Å². The van der Waals surface area contributed by atoms with Gasteiger partial charge in [0.15, 0.2) is 6.20 Å². The molecule has 1 atom stereocenters. The molecule has 4 nitrogen and oxygen atoms in total. The third-order valence-electron chi connectivity index (χ3n) is 2.91. The normalized spacial score (nSPS) is 12.0. The first-order valence-corrected chi connectivity index (χ1v) is 7.65. The van der Waals surface area contributed by atoms with Crippen LogP contribution < -0.4 is 10.0 Å². The number of halogens is 1. The molecule has 0 unspecified atom stereocenters. The predicted molar refractivity (Wildman–Crippen MR) is 85.5 cm³/mol. The molecule has 0 aliphatic carbocycles. The molecule has 2 rings (SSSR count). The fraction of sp³-hybridized carbons (Fsp3) is 0.200. The molecular weight excluding hydrogens is 308 g/mol. The van der Waals surface area contributed by atoms with Crippen molar-refractivity contribution in [2.75, 3.05) is 5.32 Å². The van der Waals surface area contributed by atoms with Gasteiger partial charge in [0.25, 0.3) is 5.03 Å². The number of hydrogen-bond acceptors (Lipinski definition) is 3. The summed E-state index contributed by atoms with van der Waals surface area (Å²) < 4.78 is 0.749. The summed E-state index contributed by atoms with van der Waals surface area (Å²) in [6.45, 7) is 3.65. The van der Waals surface area contributed by atoms with Gasteiger partial charge in [0.2, 0.25) is 5.91 Å². The van der Waals surface area contributed by atoms with Gasteiger partial charge in [-0.3, -0.25) is 4.79 Å². The van der Waals surface area contributed by atoms with Gasteiger partial charge in [0.1, 0.15) is 0 Å². The van der Waals surface area contributed by atoms with Crippen LogP contribution in [0.5, 0.6) is 0 Å². The highest BCUT2D eigenvalue weighted by Crippen LogP contribution is 2.24. The lowest BCUT2D eigenvalue weighted by atomic mass is 10.2. The topological polar surface area (TPSA) is 56.0 Å². The summed E-state index contributed by atoms with van der Waals surface area (Å²) in [5.74, 6) is -0.172. The van der Waals surface area contributed by atoms with Crippen LogP contribution in [-0.4, -0.2) is 11.2 Å². The molecule has 0 bridgehead atoms. The van der Waals surface area contributed by atoms with E-state index in [9.17, 15) is 10.0 Å². The average molecular weight is 323 g/mol. The van der Waals surface area contributed by atoms with E-state index in [0.29, 0.717) is 15.7 Å². The molecule has 1 aromatic heterocycles. The minimum atomic E-state index is -0.397. The maximum Gasteiger partial charge on any atom is 0.252 e. The number of benzene rings is 1. The van der Waals surface area contributed by atoms with Gasteiger partial charge in [0, 0.05) is 22.8 Å². The number of thioether (sulfide) groups is 1. The predicted octanol–water partition coefficient (Wildman–Crippen LogP) is 3.40. The van der Waals surface area contributed by atoms with Gasteiger partial charge in [-0.1, -0.05) is 17.7 Å². The highest BCUT2D eigenvalue weighted by molar-refractivity contribution is 8.00. The number of nitrogens with one attached hydrogen (secondary N) is 1. The number of carbonyl (C=O) groups excluding carboxylic acids is 1. The van der Waals surface area contributed by atoms with Gasteiger partial charge in [0.05, 0.1) is 5.25 Å². The van der Waals surface area contributed by atoms with Crippen molar-refractivity contribution >= 4 is 35.0 Å². The Morgan fingerprint density at radius 3 is 2.86 bits per heavy atom. The number of carbonyl (C=O) groups is 1. The average Bonchev–Trinajstić information content (AvgIpc) is 2.45. The SMILES string of the molecule is Cc1ccc(Cl)cc1NC(=O)[C@H](C)Sc1cccc[n+]1[O-]. The number of pyridine rings is 1. The van der Waals surface area contributed by atoms with Crippen LogP contribution in [0.15, 0.2) is 47.6 Å². The monoisotopic (exact) mass is 322 g/mol. The number of aromatic nitrogens is 1. The molecule has 1 heterocycles. The number of anilines is 1. The summed E-state index contributed by atoms with van der Waals surface area (Å²) in [6, 6.07) is 10.4. The molecule has 0 spiro atoms. The largest absolute Gasteiger partial charge is 0.618 e. The standard InChI is InChI=1S/C15H15ClN2O2S/c1-10-6-7-12(16)9-13(10)17-15(19)11(2)21-14-5-3-4-8-18(14)20/h3-9,11H,1-2H3,(H,17,19)/t11-/m0/s1. The molecule has 1 N–H and O–H groups in total. The molecule has 6 heteroatoms. The first-order valence-electron chi connectivity index (χ1n) is 6.39. The van der Waals surface area contributed by atoms with Gasteiger partial charge in [-0.2, -0.15) is 4.73 Å². The van der Waals surface area contributed by atoms with Gasteiger partial charge in [-0.15, -0.1) is 0 Å². The van der Waals surface area contributed by atoms with Gasteiger partial charge in [-0.05, 0) is 49.4 Å². The minimum Gasteiger partial charge on any atom is -0.618 e. The maximum absolute atomic E-state index is 12.2. The zero-order valence-electron chi connectivity index (χ0n) is 11.7. The summed E-state index contributed by atoms with van der Waals surface area (Å²) in [5.41, 5.74) is 1.62. The van der Waals surface area contributed by atoms with Crippen molar-refractivity contribution < 1.29 is 9.52 Å². The molecule has 0 aliphatic rings. The summed E-state index contributed by atoms with van der Waals surface area (Å²) in [4.78, 5) is 12.2. The Kier molecular flexibility index (Phi) is 5.09. The first kappa shape index (κ1) is 15.7. The molecule has 2 aromatic rings. The van der Waals surface area contributed by atoms with Crippen LogP contribution in [0.4, 0.5) is 5.69 Å². The van der Waals surface area contributed by atoms with Crippen molar-refractivity contribution in [3.63, 3.8) is 0 Å². The Bertz CT molecular complexity index is 664. The molecule has 21 heavy (non-hydrogen) atoms. The minimum absolute atomic E-state index is 0.172. The summed E-state index contributed by atoms with van der Waals surface area (Å²) >= 11 is 7.14. The zero-order valence-corrected chi connectivity index (χ0v) is 13.2. The summed E-state index contributed by atoms with van der Waals surface area (Å²) in [7, 11) is 0. The van der Waals surface area contributed by atoms with E-state index in [1.54, 1.807) is 37.3 Å². The molecule has 0 radical (unpaired) electrons. The van der Waals surface area contributed by atoms with Gasteiger partial charge < -0.3 is 10.5 Å². The number of hydrogen-bond donors (Lipinski definition) is 1. The number of aryl methyl sites for hydroxylation is 1. The quantitative estimate of drug-likeness (QED) is 0.533. The van der Waals surface area contributed by atoms with Crippen LogP contribution >= 0.6 is 23.4 Å². The van der Waals surface area contributed by atoms with Crippen LogP contribution in [0, 0.1) is 12.1 Å². The smallest absolute Gasteiger partial charge is 0.252 e. The Morgan fingerprint density at radius 1 is 1.38 bits per heavy atom. The van der Waals surface area contributed by atoms with E-state index in [1.165, 1.54) is 18.0 Å². The lowest BCUT2D eigenvalue weighted by molar-refractivity contribution is -0.645. The van der Waals surface area contributed by atoms with Crippen molar-refractivity contribution in [1.29, 1.82) is 0 Å². The van der Waals surface area contributed by atoms with E-state index < -0.39 is 5.25 Å². The van der Waals surface area contributed by atoms with E-state index >= 15 is 0 Å². The third kappa shape index (κ3) is 4.12. The van der Waals surface area contributed by atoms with Crippen molar-refractivity contribution in [2.24, 2.45) is 0 Å². The zero-order chi connectivity index (χ0) is 15.4.